The van der Waals surface area contributed by atoms with E-state index in [1.807, 2.05) is 42.0 Å². The number of allylic oxidation sites excluding steroid dienone is 1. The predicted octanol–water partition coefficient (Wildman–Crippen LogP) is 3.46. The lowest BCUT2D eigenvalue weighted by Gasteiger charge is -2.07. The molecule has 0 aliphatic rings. The number of hydrogen-bond donors (Lipinski definition) is 1. The fourth-order valence-corrected chi connectivity index (χ4v) is 2.15. The lowest BCUT2D eigenvalue weighted by atomic mass is 10.2. The Morgan fingerprint density at radius 3 is 2.90 bits per heavy atom. The maximum Gasteiger partial charge on any atom is 0.328 e. The van der Waals surface area contributed by atoms with Crippen molar-refractivity contribution in [2.75, 3.05) is 6.61 Å². The van der Waals surface area contributed by atoms with Crippen LogP contribution in [0.4, 0.5) is 0 Å². The molecule has 0 unspecified atom stereocenters. The molecule has 0 saturated heterocycles. The maximum absolute atomic E-state index is 10.6. The van der Waals surface area contributed by atoms with Gasteiger partial charge in [-0.2, -0.15) is 0 Å². The minimum Gasteiger partial charge on any atom is -0.494 e. The van der Waals surface area contributed by atoms with Crippen molar-refractivity contribution in [1.82, 2.24) is 4.57 Å². The van der Waals surface area contributed by atoms with Crippen LogP contribution in [0.2, 0.25) is 0 Å². The van der Waals surface area contributed by atoms with Gasteiger partial charge in [0.05, 0.1) is 6.61 Å². The molecule has 2 aromatic rings. The monoisotopic (exact) mass is 273 g/mol. The first-order chi connectivity index (χ1) is 9.60. The molecule has 0 radical (unpaired) electrons. The van der Waals surface area contributed by atoms with Gasteiger partial charge in [-0.1, -0.05) is 6.92 Å². The lowest BCUT2D eigenvalue weighted by Crippen LogP contribution is -2.00. The summed E-state index contributed by atoms with van der Waals surface area (Å²) in [6.45, 7) is 5.18. The van der Waals surface area contributed by atoms with Crippen molar-refractivity contribution in [3.05, 3.63) is 42.1 Å². The normalized spacial score (nSPS) is 11.8. The third kappa shape index (κ3) is 3.41. The van der Waals surface area contributed by atoms with E-state index in [1.165, 1.54) is 6.08 Å². The van der Waals surface area contributed by atoms with Crippen molar-refractivity contribution < 1.29 is 14.6 Å². The smallest absolute Gasteiger partial charge is 0.328 e. The van der Waals surface area contributed by atoms with Crippen LogP contribution in [0.1, 0.15) is 20.3 Å². The fourth-order valence-electron chi connectivity index (χ4n) is 2.15. The summed E-state index contributed by atoms with van der Waals surface area (Å²) in [5.74, 6) is -0.0379. The summed E-state index contributed by atoms with van der Waals surface area (Å²) >= 11 is 0. The molecule has 106 valence electrons. The molecule has 20 heavy (non-hydrogen) atoms. The zero-order valence-electron chi connectivity index (χ0n) is 11.8. The Kier molecular flexibility index (Phi) is 4.45. The molecule has 0 amide bonds. The Hall–Kier alpha value is -2.23. The maximum atomic E-state index is 10.6. The third-order valence-corrected chi connectivity index (χ3v) is 3.00. The highest BCUT2D eigenvalue weighted by molar-refractivity contribution is 5.82. The van der Waals surface area contributed by atoms with E-state index in [1.54, 1.807) is 0 Å². The van der Waals surface area contributed by atoms with Gasteiger partial charge in [-0.05, 0) is 43.2 Å². The molecule has 1 aromatic carbocycles. The molecule has 0 aliphatic carbocycles. The summed E-state index contributed by atoms with van der Waals surface area (Å²) in [6.07, 6.45) is 4.19. The number of carbonyl (C=O) groups is 1. The average Bonchev–Trinajstić information content (AvgIpc) is 2.78. The van der Waals surface area contributed by atoms with Crippen LogP contribution < -0.4 is 4.74 Å². The molecule has 0 aliphatic heterocycles. The number of rotatable bonds is 6. The largest absolute Gasteiger partial charge is 0.494 e. The molecule has 4 heteroatoms. The van der Waals surface area contributed by atoms with Crippen LogP contribution in [0.5, 0.6) is 5.75 Å². The molecule has 1 heterocycles. The van der Waals surface area contributed by atoms with Crippen LogP contribution in [0.3, 0.4) is 0 Å². The standard InChI is InChI=1S/C16H19NO3/c1-3-8-20-14-4-5-15-13(10-14)6-7-17(15)11-12(2)9-16(18)19/h4-7,9-10H,3,8,11H2,1-2H3,(H,18,19)/b12-9+. The first-order valence-corrected chi connectivity index (χ1v) is 6.72. The van der Waals surface area contributed by atoms with Crippen molar-refractivity contribution in [2.45, 2.75) is 26.8 Å². The Morgan fingerprint density at radius 1 is 1.40 bits per heavy atom. The molecule has 2 rings (SSSR count). The summed E-state index contributed by atoms with van der Waals surface area (Å²) in [4.78, 5) is 10.6. The van der Waals surface area contributed by atoms with E-state index in [9.17, 15) is 4.79 Å². The molecule has 0 spiro atoms. The number of benzene rings is 1. The van der Waals surface area contributed by atoms with Crippen LogP contribution in [-0.4, -0.2) is 22.2 Å². The highest BCUT2D eigenvalue weighted by Crippen LogP contribution is 2.23. The molecule has 0 saturated carbocycles. The Labute approximate surface area is 118 Å². The minimum atomic E-state index is -0.908. The number of ether oxygens (including phenoxy) is 1. The zero-order valence-corrected chi connectivity index (χ0v) is 11.8. The highest BCUT2D eigenvalue weighted by atomic mass is 16.5. The summed E-state index contributed by atoms with van der Waals surface area (Å²) in [5.41, 5.74) is 1.88. The Morgan fingerprint density at radius 2 is 2.20 bits per heavy atom. The second kappa shape index (κ2) is 6.28. The quantitative estimate of drug-likeness (QED) is 0.820. The van der Waals surface area contributed by atoms with E-state index in [2.05, 4.69) is 6.92 Å². The van der Waals surface area contributed by atoms with Crippen molar-refractivity contribution in [2.24, 2.45) is 0 Å². The van der Waals surface area contributed by atoms with Gasteiger partial charge in [0.15, 0.2) is 0 Å². The van der Waals surface area contributed by atoms with Crippen molar-refractivity contribution in [3.8, 4) is 5.75 Å². The van der Waals surface area contributed by atoms with Gasteiger partial charge >= 0.3 is 5.97 Å². The van der Waals surface area contributed by atoms with Gasteiger partial charge in [0.25, 0.3) is 0 Å². The number of hydrogen-bond acceptors (Lipinski definition) is 2. The van der Waals surface area contributed by atoms with E-state index in [4.69, 9.17) is 9.84 Å². The van der Waals surface area contributed by atoms with Crippen LogP contribution in [0, 0.1) is 0 Å². The number of carboxylic acid groups (broad SMARTS) is 1. The topological polar surface area (TPSA) is 51.5 Å². The number of fused-ring (bicyclic) bond motifs is 1. The van der Waals surface area contributed by atoms with Crippen molar-refractivity contribution >= 4 is 16.9 Å². The molecule has 0 fully saturated rings. The van der Waals surface area contributed by atoms with E-state index in [0.29, 0.717) is 13.2 Å². The van der Waals surface area contributed by atoms with Gasteiger partial charge in [-0.25, -0.2) is 4.79 Å². The number of aromatic nitrogens is 1. The second-order valence-electron chi connectivity index (χ2n) is 4.84. The Bertz CT molecular complexity index is 640. The molecule has 1 aromatic heterocycles. The van der Waals surface area contributed by atoms with Gasteiger partial charge in [-0.3, -0.25) is 0 Å². The predicted molar refractivity (Wildman–Crippen MR) is 79.1 cm³/mol. The first-order valence-electron chi connectivity index (χ1n) is 6.72. The van der Waals surface area contributed by atoms with Crippen molar-refractivity contribution in [3.63, 3.8) is 0 Å². The van der Waals surface area contributed by atoms with Crippen LogP contribution in [0.15, 0.2) is 42.1 Å². The van der Waals surface area contributed by atoms with E-state index >= 15 is 0 Å². The highest BCUT2D eigenvalue weighted by Gasteiger charge is 2.04. The fraction of sp³-hybridized carbons (Fsp3) is 0.312. The van der Waals surface area contributed by atoms with Crippen LogP contribution >= 0.6 is 0 Å². The number of nitrogens with zero attached hydrogens (tertiary/aromatic N) is 1. The van der Waals surface area contributed by atoms with Crippen molar-refractivity contribution in [1.29, 1.82) is 0 Å². The summed E-state index contributed by atoms with van der Waals surface area (Å²) in [6, 6.07) is 7.99. The van der Waals surface area contributed by atoms with E-state index in [0.717, 1.165) is 28.6 Å². The Balaban J connectivity index is 2.22. The molecular formula is C16H19NO3. The minimum absolute atomic E-state index is 0.574. The van der Waals surface area contributed by atoms with Gasteiger partial charge in [0.1, 0.15) is 5.75 Å². The van der Waals surface area contributed by atoms with Gasteiger partial charge in [-0.15, -0.1) is 0 Å². The van der Waals surface area contributed by atoms with E-state index in [-0.39, 0.29) is 0 Å². The van der Waals surface area contributed by atoms with Gasteiger partial charge < -0.3 is 14.4 Å². The molecule has 0 bridgehead atoms. The summed E-state index contributed by atoms with van der Waals surface area (Å²) in [7, 11) is 0. The van der Waals surface area contributed by atoms with Gasteiger partial charge in [0.2, 0.25) is 0 Å². The molecular weight excluding hydrogens is 254 g/mol. The molecule has 4 nitrogen and oxygen atoms in total. The number of carboxylic acids is 1. The van der Waals surface area contributed by atoms with E-state index < -0.39 is 5.97 Å². The molecule has 1 N–H and O–H groups in total. The second-order valence-corrected chi connectivity index (χ2v) is 4.84. The summed E-state index contributed by atoms with van der Waals surface area (Å²) < 4.78 is 7.64. The SMILES string of the molecule is CCCOc1ccc2c(ccn2C/C(C)=C/C(=O)O)c1. The number of aliphatic carboxylic acids is 1. The van der Waals surface area contributed by atoms with Crippen LogP contribution in [0.25, 0.3) is 10.9 Å². The van der Waals surface area contributed by atoms with Crippen LogP contribution in [-0.2, 0) is 11.3 Å². The zero-order chi connectivity index (χ0) is 14.5. The lowest BCUT2D eigenvalue weighted by molar-refractivity contribution is -0.131. The third-order valence-electron chi connectivity index (χ3n) is 3.00. The van der Waals surface area contributed by atoms with Gasteiger partial charge in [0, 0.05) is 29.7 Å². The first kappa shape index (κ1) is 14.2. The molecule has 0 atom stereocenters. The summed E-state index contributed by atoms with van der Waals surface area (Å²) in [5, 5.41) is 9.84. The average molecular weight is 273 g/mol.